The van der Waals surface area contributed by atoms with Crippen LogP contribution in [-0.2, 0) is 22.3 Å². The van der Waals surface area contributed by atoms with E-state index >= 15 is 0 Å². The Balaban J connectivity index is 1.86. The monoisotopic (exact) mass is 689 g/mol. The van der Waals surface area contributed by atoms with Gasteiger partial charge in [0.15, 0.2) is 0 Å². The summed E-state index contributed by atoms with van der Waals surface area (Å²) < 4.78 is 89.5. The number of aliphatic hydroxyl groups is 1. The van der Waals surface area contributed by atoms with Gasteiger partial charge in [0.1, 0.15) is 5.75 Å². The summed E-state index contributed by atoms with van der Waals surface area (Å²) in [5.74, 6) is -1.39. The van der Waals surface area contributed by atoms with Gasteiger partial charge in [0.2, 0.25) is 5.91 Å². The molecular weight excluding hydrogens is 644 g/mol. The standard InChI is InChI=1S/C34H45F6N3O5/c1-22-18-43(23(2)21-44)32(46)28-17-27(41-31(45)14-15-33(35,36)37)12-13-29(28)48-24(3)7-5-6-16-47-30(22)20-42(4)19-25-8-10-26(11-9-25)34(38,39)40/h8-13,17,22-24,30,44H,5-7,14-16,18-21H2,1-4H3,(H,41,45)/t22-,23+,24+,30-/m0/s1. The first-order chi connectivity index (χ1) is 22.5. The van der Waals surface area contributed by atoms with E-state index < -0.39 is 48.6 Å². The van der Waals surface area contributed by atoms with Crippen molar-refractivity contribution < 1.29 is 50.5 Å². The van der Waals surface area contributed by atoms with E-state index in [1.54, 1.807) is 6.92 Å². The SMILES string of the molecule is C[C@@H]1CCCCO[C@@H](CN(C)Cc2ccc(C(F)(F)F)cc2)[C@@H](C)CN([C@H](C)CO)C(=O)c2cc(NC(=O)CCC(F)(F)F)ccc2O1. The first-order valence-electron chi connectivity index (χ1n) is 16.0. The Labute approximate surface area is 277 Å². The Morgan fingerprint density at radius 2 is 1.77 bits per heavy atom. The number of halogens is 6. The predicted molar refractivity (Wildman–Crippen MR) is 169 cm³/mol. The number of nitrogens with zero attached hydrogens (tertiary/aromatic N) is 2. The van der Waals surface area contributed by atoms with Crippen LogP contribution in [0.15, 0.2) is 42.5 Å². The van der Waals surface area contributed by atoms with E-state index in [1.165, 1.54) is 35.2 Å². The van der Waals surface area contributed by atoms with Crippen molar-refractivity contribution >= 4 is 17.5 Å². The van der Waals surface area contributed by atoms with Gasteiger partial charge in [0.25, 0.3) is 5.91 Å². The number of carbonyl (C=O) groups is 2. The molecule has 2 aromatic rings. The quantitative estimate of drug-likeness (QED) is 0.278. The molecule has 0 aliphatic carbocycles. The molecule has 1 heterocycles. The van der Waals surface area contributed by atoms with Crippen molar-refractivity contribution in [3.05, 3.63) is 59.2 Å². The lowest BCUT2D eigenvalue weighted by Crippen LogP contribution is -2.47. The van der Waals surface area contributed by atoms with Crippen LogP contribution in [0.3, 0.4) is 0 Å². The number of fused-ring (bicyclic) bond motifs is 1. The van der Waals surface area contributed by atoms with Crippen LogP contribution in [0.2, 0.25) is 0 Å². The fraction of sp³-hybridized carbons (Fsp3) is 0.588. The summed E-state index contributed by atoms with van der Waals surface area (Å²) in [6.07, 6.45) is -9.55. The predicted octanol–water partition coefficient (Wildman–Crippen LogP) is 6.91. The van der Waals surface area contributed by atoms with Gasteiger partial charge < -0.3 is 24.8 Å². The molecule has 1 aliphatic rings. The zero-order chi connectivity index (χ0) is 35.6. The first-order valence-corrected chi connectivity index (χ1v) is 16.0. The number of amides is 2. The summed E-state index contributed by atoms with van der Waals surface area (Å²) >= 11 is 0. The molecule has 14 heteroatoms. The molecule has 2 aromatic carbocycles. The summed E-state index contributed by atoms with van der Waals surface area (Å²) in [5, 5.41) is 12.5. The minimum absolute atomic E-state index is 0.0805. The number of aliphatic hydroxyl groups excluding tert-OH is 1. The Morgan fingerprint density at radius 3 is 2.40 bits per heavy atom. The number of carbonyl (C=O) groups excluding carboxylic acids is 2. The molecule has 2 N–H and O–H groups in total. The van der Waals surface area contributed by atoms with Crippen LogP contribution in [0, 0.1) is 5.92 Å². The number of hydrogen-bond donors (Lipinski definition) is 2. The lowest BCUT2D eigenvalue weighted by atomic mass is 10.0. The topological polar surface area (TPSA) is 91.3 Å². The molecule has 0 bridgehead atoms. The van der Waals surface area contributed by atoms with Gasteiger partial charge in [0, 0.05) is 44.3 Å². The summed E-state index contributed by atoms with van der Waals surface area (Å²) in [5.41, 5.74) is 0.174. The highest BCUT2D eigenvalue weighted by atomic mass is 19.4. The maximum absolute atomic E-state index is 14.2. The average Bonchev–Trinajstić information content (AvgIpc) is 3.01. The number of likely N-dealkylation sites (N-methyl/N-ethyl adjacent to an activating group) is 1. The maximum Gasteiger partial charge on any atom is 0.416 e. The van der Waals surface area contributed by atoms with Crippen LogP contribution in [0.5, 0.6) is 5.75 Å². The van der Waals surface area contributed by atoms with E-state index in [4.69, 9.17) is 9.47 Å². The Morgan fingerprint density at radius 1 is 1.08 bits per heavy atom. The van der Waals surface area contributed by atoms with Crippen LogP contribution in [0.25, 0.3) is 0 Å². The van der Waals surface area contributed by atoms with Crippen molar-refractivity contribution in [2.75, 3.05) is 38.7 Å². The fourth-order valence-electron chi connectivity index (χ4n) is 5.42. The van der Waals surface area contributed by atoms with E-state index in [0.29, 0.717) is 31.7 Å². The number of nitrogens with one attached hydrogen (secondary N) is 1. The van der Waals surface area contributed by atoms with E-state index in [-0.39, 0.29) is 48.3 Å². The van der Waals surface area contributed by atoms with Crippen molar-refractivity contribution in [3.63, 3.8) is 0 Å². The summed E-state index contributed by atoms with van der Waals surface area (Å²) in [7, 11) is 1.83. The van der Waals surface area contributed by atoms with Gasteiger partial charge in [-0.3, -0.25) is 14.5 Å². The van der Waals surface area contributed by atoms with Crippen molar-refractivity contribution in [2.24, 2.45) is 5.92 Å². The van der Waals surface area contributed by atoms with Crippen molar-refractivity contribution in [3.8, 4) is 5.75 Å². The third kappa shape index (κ3) is 12.3. The highest BCUT2D eigenvalue weighted by Crippen LogP contribution is 2.31. The highest BCUT2D eigenvalue weighted by molar-refractivity contribution is 5.99. The summed E-state index contributed by atoms with van der Waals surface area (Å²) in [6.45, 7) is 6.42. The maximum atomic E-state index is 14.2. The first kappa shape index (κ1) is 39.1. The molecule has 1 aliphatic heterocycles. The van der Waals surface area contributed by atoms with Gasteiger partial charge in [0.05, 0.1) is 42.4 Å². The van der Waals surface area contributed by atoms with Crippen molar-refractivity contribution in [2.45, 2.75) is 90.0 Å². The van der Waals surface area contributed by atoms with E-state index in [1.807, 2.05) is 25.8 Å². The molecule has 0 fully saturated rings. The second kappa shape index (κ2) is 17.3. The van der Waals surface area contributed by atoms with Crippen LogP contribution in [0.1, 0.15) is 74.4 Å². The van der Waals surface area contributed by atoms with Gasteiger partial charge in [-0.1, -0.05) is 19.1 Å². The molecule has 0 aromatic heterocycles. The molecule has 0 saturated heterocycles. The second-order valence-electron chi connectivity index (χ2n) is 12.6. The molecule has 0 saturated carbocycles. The smallest absolute Gasteiger partial charge is 0.416 e. The fourth-order valence-corrected chi connectivity index (χ4v) is 5.42. The van der Waals surface area contributed by atoms with Crippen LogP contribution in [0.4, 0.5) is 32.0 Å². The zero-order valence-corrected chi connectivity index (χ0v) is 27.7. The van der Waals surface area contributed by atoms with E-state index in [9.17, 15) is 41.0 Å². The summed E-state index contributed by atoms with van der Waals surface area (Å²) in [6, 6.07) is 8.66. The number of ether oxygens (including phenoxy) is 2. The minimum Gasteiger partial charge on any atom is -0.490 e. The van der Waals surface area contributed by atoms with E-state index in [2.05, 4.69) is 5.32 Å². The number of anilines is 1. The van der Waals surface area contributed by atoms with Gasteiger partial charge >= 0.3 is 12.4 Å². The molecule has 3 rings (SSSR count). The van der Waals surface area contributed by atoms with Crippen LogP contribution >= 0.6 is 0 Å². The molecule has 8 nitrogen and oxygen atoms in total. The van der Waals surface area contributed by atoms with Gasteiger partial charge in [-0.2, -0.15) is 26.3 Å². The molecule has 268 valence electrons. The third-order valence-corrected chi connectivity index (χ3v) is 8.20. The molecule has 0 unspecified atom stereocenters. The van der Waals surface area contributed by atoms with Gasteiger partial charge in [-0.05, 0) is 76.1 Å². The summed E-state index contributed by atoms with van der Waals surface area (Å²) in [4.78, 5) is 29.8. The molecule has 4 atom stereocenters. The van der Waals surface area contributed by atoms with Gasteiger partial charge in [-0.25, -0.2) is 0 Å². The zero-order valence-electron chi connectivity index (χ0n) is 27.7. The largest absolute Gasteiger partial charge is 0.490 e. The second-order valence-corrected chi connectivity index (χ2v) is 12.6. The number of alkyl halides is 6. The molecule has 48 heavy (non-hydrogen) atoms. The highest BCUT2D eigenvalue weighted by Gasteiger charge is 2.32. The van der Waals surface area contributed by atoms with Crippen LogP contribution in [-0.4, -0.2) is 84.5 Å². The van der Waals surface area contributed by atoms with Crippen LogP contribution < -0.4 is 10.1 Å². The lowest BCUT2D eigenvalue weighted by Gasteiger charge is -2.36. The lowest BCUT2D eigenvalue weighted by molar-refractivity contribution is -0.142. The Bertz CT molecular complexity index is 1340. The molecule has 0 radical (unpaired) electrons. The molecular formula is C34H45F6N3O5. The third-order valence-electron chi connectivity index (χ3n) is 8.20. The molecule has 2 amide bonds. The normalized spacial score (nSPS) is 20.9. The van der Waals surface area contributed by atoms with Crippen molar-refractivity contribution in [1.82, 2.24) is 9.80 Å². The van der Waals surface area contributed by atoms with Gasteiger partial charge in [-0.15, -0.1) is 0 Å². The Kier molecular flexibility index (Phi) is 14.1. The minimum atomic E-state index is -4.49. The average molecular weight is 690 g/mol. The van der Waals surface area contributed by atoms with E-state index in [0.717, 1.165) is 25.0 Å². The Hall–Kier alpha value is -3.36. The number of hydrogen-bond acceptors (Lipinski definition) is 6. The van der Waals surface area contributed by atoms with Crippen molar-refractivity contribution in [1.29, 1.82) is 0 Å². The number of rotatable bonds is 9. The molecule has 0 spiro atoms. The number of benzene rings is 2.